The van der Waals surface area contributed by atoms with Crippen LogP contribution in [0.3, 0.4) is 0 Å². The number of anilines is 2. The van der Waals surface area contributed by atoms with E-state index in [1.54, 1.807) is 41.5 Å². The molecule has 0 aromatic heterocycles. The number of carbonyl (C=O) groups excluding carboxylic acids is 2. The molecule has 0 bridgehead atoms. The van der Waals surface area contributed by atoms with Crippen molar-refractivity contribution in [1.29, 1.82) is 0 Å². The summed E-state index contributed by atoms with van der Waals surface area (Å²) in [5, 5.41) is 2.79. The second-order valence-corrected chi connectivity index (χ2v) is 8.07. The van der Waals surface area contributed by atoms with Crippen LogP contribution in [-0.2, 0) is 14.4 Å². The zero-order valence-electron chi connectivity index (χ0n) is 15.6. The molecule has 5 nitrogen and oxygen atoms in total. The number of imide groups is 1. The summed E-state index contributed by atoms with van der Waals surface area (Å²) in [5.74, 6) is -1.37. The van der Waals surface area contributed by atoms with Crippen molar-refractivity contribution in [2.24, 2.45) is 5.92 Å². The van der Waals surface area contributed by atoms with E-state index in [1.807, 2.05) is 42.5 Å². The monoisotopic (exact) mass is 438 g/mol. The van der Waals surface area contributed by atoms with Crippen LogP contribution >= 0.6 is 23.2 Å². The van der Waals surface area contributed by atoms with Gasteiger partial charge < -0.3 is 0 Å². The van der Waals surface area contributed by atoms with Gasteiger partial charge in [-0.3, -0.25) is 14.4 Å². The highest BCUT2D eigenvalue weighted by Crippen LogP contribution is 2.47. The minimum absolute atomic E-state index is 0.300. The largest absolute Gasteiger partial charge is 0.273 e. The summed E-state index contributed by atoms with van der Waals surface area (Å²) >= 11 is 12.0. The van der Waals surface area contributed by atoms with Crippen molar-refractivity contribution < 1.29 is 14.4 Å². The molecule has 0 spiro atoms. The molecule has 5 rings (SSSR count). The Labute approximate surface area is 183 Å². The molecule has 0 aliphatic carbocycles. The minimum Gasteiger partial charge on any atom is -0.273 e. The second kappa shape index (κ2) is 7.43. The van der Waals surface area contributed by atoms with E-state index in [-0.39, 0.29) is 11.8 Å². The van der Waals surface area contributed by atoms with Gasteiger partial charge in [-0.2, -0.15) is 0 Å². The molecule has 0 saturated carbocycles. The molecule has 0 unspecified atom stereocenters. The average molecular weight is 439 g/mol. The topological polar surface area (TPSA) is 49.9 Å². The molecule has 30 heavy (non-hydrogen) atoms. The summed E-state index contributed by atoms with van der Waals surface area (Å²) in [6.07, 6.45) is -0.908. The molecule has 7 heteroatoms. The van der Waals surface area contributed by atoms with Crippen LogP contribution in [0.1, 0.15) is 11.6 Å². The molecule has 2 aliphatic heterocycles. The summed E-state index contributed by atoms with van der Waals surface area (Å²) in [4.78, 5) is 33.9. The molecule has 2 aliphatic rings. The molecule has 0 N–H and O–H groups in total. The highest BCUT2D eigenvalue weighted by molar-refractivity contribution is 6.31. The van der Waals surface area contributed by atoms with E-state index >= 15 is 0 Å². The lowest BCUT2D eigenvalue weighted by atomic mass is 9.90. The second-order valence-electron chi connectivity index (χ2n) is 7.20. The van der Waals surface area contributed by atoms with Gasteiger partial charge in [-0.15, -0.1) is 0 Å². The van der Waals surface area contributed by atoms with Crippen LogP contribution in [0, 0.1) is 5.92 Å². The van der Waals surface area contributed by atoms with Crippen LogP contribution in [0.15, 0.2) is 78.9 Å². The Hall–Kier alpha value is -2.86. The molecule has 150 valence electrons. The number of nitrogens with zero attached hydrogens (tertiary/aromatic N) is 2. The van der Waals surface area contributed by atoms with Gasteiger partial charge in [0.25, 0.3) is 5.91 Å². The molecular formula is C23H16Cl2N2O3. The highest BCUT2D eigenvalue weighted by Gasteiger charge is 2.60. The number of hydrogen-bond donors (Lipinski definition) is 0. The fourth-order valence-corrected chi connectivity index (χ4v) is 4.31. The third kappa shape index (κ3) is 3.06. The van der Waals surface area contributed by atoms with Crippen LogP contribution in [0.2, 0.25) is 10.0 Å². The predicted molar refractivity (Wildman–Crippen MR) is 115 cm³/mol. The van der Waals surface area contributed by atoms with Crippen LogP contribution in [0.25, 0.3) is 0 Å². The quantitative estimate of drug-likeness (QED) is 0.537. The normalized spacial score (nSPS) is 23.2. The molecule has 2 amide bonds. The maximum Gasteiger partial charge on any atom is 0.266 e. The van der Waals surface area contributed by atoms with Gasteiger partial charge in [0.15, 0.2) is 6.10 Å². The summed E-state index contributed by atoms with van der Waals surface area (Å²) < 4.78 is 0. The Morgan fingerprint density at radius 3 is 1.93 bits per heavy atom. The van der Waals surface area contributed by atoms with Crippen molar-refractivity contribution >= 4 is 46.4 Å². The molecule has 2 heterocycles. The lowest BCUT2D eigenvalue weighted by molar-refractivity contribution is -0.126. The molecule has 2 saturated heterocycles. The molecule has 3 aromatic carbocycles. The number of amides is 2. The molecule has 3 atom stereocenters. The molecule has 3 aromatic rings. The third-order valence-corrected chi connectivity index (χ3v) is 5.93. The van der Waals surface area contributed by atoms with E-state index in [0.29, 0.717) is 15.7 Å². The van der Waals surface area contributed by atoms with Crippen LogP contribution in [0.5, 0.6) is 0 Å². The highest BCUT2D eigenvalue weighted by atomic mass is 35.5. The zero-order valence-corrected chi connectivity index (χ0v) is 17.1. The number of hydrogen-bond acceptors (Lipinski definition) is 4. The fraction of sp³-hybridized carbons (Fsp3) is 0.130. The average Bonchev–Trinajstić information content (AvgIpc) is 3.27. The summed E-state index contributed by atoms with van der Waals surface area (Å²) in [7, 11) is 0. The first-order valence-corrected chi connectivity index (χ1v) is 10.2. The van der Waals surface area contributed by atoms with Crippen molar-refractivity contribution in [2.45, 2.75) is 12.1 Å². The van der Waals surface area contributed by atoms with Gasteiger partial charge in [0.2, 0.25) is 5.91 Å². The Balaban J connectivity index is 1.58. The number of hydroxylamine groups is 1. The Morgan fingerprint density at radius 1 is 0.700 bits per heavy atom. The van der Waals surface area contributed by atoms with Crippen LogP contribution in [0.4, 0.5) is 11.4 Å². The smallest absolute Gasteiger partial charge is 0.266 e. The minimum atomic E-state index is -0.908. The van der Waals surface area contributed by atoms with Gasteiger partial charge in [-0.25, -0.2) is 9.96 Å². The Bertz CT molecular complexity index is 1100. The van der Waals surface area contributed by atoms with Gasteiger partial charge in [0.1, 0.15) is 5.92 Å². The maximum atomic E-state index is 13.4. The van der Waals surface area contributed by atoms with E-state index in [2.05, 4.69) is 0 Å². The van der Waals surface area contributed by atoms with Crippen LogP contribution < -0.4 is 9.96 Å². The molecular weight excluding hydrogens is 423 g/mol. The van der Waals surface area contributed by atoms with Crippen molar-refractivity contribution in [1.82, 2.24) is 0 Å². The molecule has 2 fully saturated rings. The lowest BCUT2D eigenvalue weighted by Gasteiger charge is -2.28. The Morgan fingerprint density at radius 2 is 1.30 bits per heavy atom. The maximum absolute atomic E-state index is 13.4. The molecule has 0 radical (unpaired) electrons. The summed E-state index contributed by atoms with van der Waals surface area (Å²) in [6.45, 7) is 0. The first-order valence-electron chi connectivity index (χ1n) is 9.44. The van der Waals surface area contributed by atoms with Crippen LogP contribution in [-0.4, -0.2) is 17.9 Å². The van der Waals surface area contributed by atoms with Gasteiger partial charge in [-0.05, 0) is 54.1 Å². The van der Waals surface area contributed by atoms with E-state index in [4.69, 9.17) is 28.0 Å². The number of rotatable bonds is 3. The predicted octanol–water partition coefficient (Wildman–Crippen LogP) is 5.04. The zero-order chi connectivity index (χ0) is 20.8. The van der Waals surface area contributed by atoms with Gasteiger partial charge >= 0.3 is 0 Å². The summed E-state index contributed by atoms with van der Waals surface area (Å²) in [6, 6.07) is 22.8. The van der Waals surface area contributed by atoms with Crippen molar-refractivity contribution in [2.75, 3.05) is 9.96 Å². The van der Waals surface area contributed by atoms with Gasteiger partial charge in [0, 0.05) is 10.0 Å². The third-order valence-electron chi connectivity index (χ3n) is 5.42. The SMILES string of the molecule is O=C1[C@H]2[C@@H](c3ccc(Cl)cc3)N(c3ccccc3)O[C@H]2C(=O)N1c1ccc(Cl)cc1. The van der Waals surface area contributed by atoms with Crippen molar-refractivity contribution in [3.05, 3.63) is 94.5 Å². The van der Waals surface area contributed by atoms with E-state index < -0.39 is 18.1 Å². The fourth-order valence-electron chi connectivity index (χ4n) is 4.06. The van der Waals surface area contributed by atoms with Gasteiger partial charge in [0.05, 0.1) is 17.4 Å². The van der Waals surface area contributed by atoms with Crippen molar-refractivity contribution in [3.63, 3.8) is 0 Å². The summed E-state index contributed by atoms with van der Waals surface area (Å²) in [5.41, 5.74) is 2.09. The van der Waals surface area contributed by atoms with E-state index in [1.165, 1.54) is 4.90 Å². The number of halogens is 2. The standard InChI is InChI=1S/C23H16Cl2N2O3/c24-15-8-6-14(7-9-15)20-19-21(30-27(20)18-4-2-1-3-5-18)23(29)26(22(19)28)17-12-10-16(25)11-13-17/h1-13,19-21H/t19-,20+,21+/m0/s1. The Kier molecular flexibility index (Phi) is 4.74. The number of para-hydroxylation sites is 1. The van der Waals surface area contributed by atoms with Gasteiger partial charge in [-0.1, -0.05) is 53.5 Å². The van der Waals surface area contributed by atoms with E-state index in [9.17, 15) is 9.59 Å². The van der Waals surface area contributed by atoms with E-state index in [0.717, 1.165) is 11.3 Å². The number of carbonyl (C=O) groups is 2. The number of fused-ring (bicyclic) bond motifs is 1. The first-order chi connectivity index (χ1) is 14.5. The lowest BCUT2D eigenvalue weighted by Crippen LogP contribution is -2.37. The van der Waals surface area contributed by atoms with Crippen molar-refractivity contribution in [3.8, 4) is 0 Å². The number of benzene rings is 3. The first kappa shape index (κ1) is 19.1.